The maximum absolute atomic E-state index is 12.6. The fraction of sp³-hybridized carbons (Fsp3) is 0.154. The zero-order valence-corrected chi connectivity index (χ0v) is 20.9. The van der Waals surface area contributed by atoms with Crippen LogP contribution in [0.2, 0.25) is 0 Å². The van der Waals surface area contributed by atoms with E-state index < -0.39 is 0 Å². The van der Waals surface area contributed by atoms with Crippen molar-refractivity contribution < 1.29 is 9.53 Å². The summed E-state index contributed by atoms with van der Waals surface area (Å²) in [7, 11) is 1.56. The molecule has 1 amide bonds. The molecule has 0 fully saturated rings. The number of rotatable bonds is 8. The predicted octanol–water partition coefficient (Wildman–Crippen LogP) is 3.41. The van der Waals surface area contributed by atoms with E-state index in [2.05, 4.69) is 50.7 Å². The molecule has 5 rings (SSSR count). The molecule has 12 heteroatoms. The number of ether oxygens (including phenoxy) is 1. The molecule has 0 aliphatic rings. The molecule has 3 N–H and O–H groups in total. The van der Waals surface area contributed by atoms with Gasteiger partial charge in [-0.2, -0.15) is 5.10 Å². The molecule has 0 saturated carbocycles. The van der Waals surface area contributed by atoms with Gasteiger partial charge in [0, 0.05) is 53.1 Å². The molecule has 12 nitrogen and oxygen atoms in total. The van der Waals surface area contributed by atoms with E-state index >= 15 is 0 Å². The van der Waals surface area contributed by atoms with Crippen LogP contribution in [0.3, 0.4) is 0 Å². The first kappa shape index (κ1) is 24.4. The van der Waals surface area contributed by atoms with E-state index in [0.717, 1.165) is 17.0 Å². The van der Waals surface area contributed by atoms with Gasteiger partial charge in [0.25, 0.3) is 5.91 Å². The van der Waals surface area contributed by atoms with Crippen molar-refractivity contribution in [2.24, 2.45) is 0 Å². The number of aromatic amines is 1. The van der Waals surface area contributed by atoms with Gasteiger partial charge in [-0.3, -0.25) is 24.8 Å². The minimum absolute atomic E-state index is 0.207. The van der Waals surface area contributed by atoms with Crippen molar-refractivity contribution in [3.05, 3.63) is 84.0 Å². The smallest absolute Gasteiger partial charge is 0.270 e. The molecule has 0 aliphatic heterocycles. The van der Waals surface area contributed by atoms with Crippen LogP contribution < -0.4 is 15.4 Å². The normalized spacial score (nSPS) is 10.7. The van der Waals surface area contributed by atoms with Crippen LogP contribution in [0.15, 0.2) is 61.2 Å². The van der Waals surface area contributed by atoms with Crippen LogP contribution in [-0.2, 0) is 6.54 Å². The fourth-order valence-corrected chi connectivity index (χ4v) is 3.54. The van der Waals surface area contributed by atoms with E-state index in [1.165, 1.54) is 0 Å². The highest BCUT2D eigenvalue weighted by Gasteiger charge is 2.11. The predicted molar refractivity (Wildman–Crippen MR) is 140 cm³/mol. The topological polar surface area (TPSA) is 156 Å². The SMILES string of the molecule is COc1ccc(-c2cnc(CNC(=O)c3ccc(-c4nc(C)cc(Nc5cc(C)[nH]n5)n4)cn3)cn2)cn1. The Balaban J connectivity index is 1.21. The molecule has 5 aromatic heterocycles. The van der Waals surface area contributed by atoms with E-state index in [0.29, 0.717) is 40.3 Å². The summed E-state index contributed by atoms with van der Waals surface area (Å²) >= 11 is 0. The second kappa shape index (κ2) is 10.8. The summed E-state index contributed by atoms with van der Waals surface area (Å²) in [6, 6.07) is 10.7. The molecule has 5 heterocycles. The Bertz CT molecular complexity index is 1550. The van der Waals surface area contributed by atoms with Gasteiger partial charge in [-0.25, -0.2) is 15.0 Å². The average Bonchev–Trinajstić information content (AvgIpc) is 3.36. The van der Waals surface area contributed by atoms with Crippen molar-refractivity contribution in [2.45, 2.75) is 20.4 Å². The summed E-state index contributed by atoms with van der Waals surface area (Å²) in [5.74, 6) is 1.95. The number of carbonyl (C=O) groups excluding carboxylic acids is 1. The summed E-state index contributed by atoms with van der Waals surface area (Å²) in [6.07, 6.45) is 6.49. The Kier molecular flexibility index (Phi) is 6.93. The first-order valence-corrected chi connectivity index (χ1v) is 11.7. The van der Waals surface area contributed by atoms with Crippen molar-refractivity contribution in [3.8, 4) is 28.5 Å². The molecule has 0 radical (unpaired) electrons. The van der Waals surface area contributed by atoms with Crippen LogP contribution in [0, 0.1) is 13.8 Å². The number of nitrogens with zero attached hydrogens (tertiary/aromatic N) is 7. The lowest BCUT2D eigenvalue weighted by Gasteiger charge is -2.08. The highest BCUT2D eigenvalue weighted by atomic mass is 16.5. The van der Waals surface area contributed by atoms with Gasteiger partial charge in [0.05, 0.1) is 37.4 Å². The van der Waals surface area contributed by atoms with Crippen molar-refractivity contribution in [1.29, 1.82) is 0 Å². The van der Waals surface area contributed by atoms with E-state index in [1.807, 2.05) is 32.0 Å². The number of hydrogen-bond donors (Lipinski definition) is 3. The third-order valence-corrected chi connectivity index (χ3v) is 5.45. The van der Waals surface area contributed by atoms with Gasteiger partial charge in [-0.15, -0.1) is 0 Å². The van der Waals surface area contributed by atoms with Crippen molar-refractivity contribution in [1.82, 2.24) is 45.4 Å². The lowest BCUT2D eigenvalue weighted by Crippen LogP contribution is -2.24. The monoisotopic (exact) mass is 508 g/mol. The fourth-order valence-electron chi connectivity index (χ4n) is 3.54. The van der Waals surface area contributed by atoms with Crippen LogP contribution >= 0.6 is 0 Å². The molecule has 0 bridgehead atoms. The molecule has 0 saturated heterocycles. The largest absolute Gasteiger partial charge is 0.481 e. The molecule has 38 heavy (non-hydrogen) atoms. The Morgan fingerprint density at radius 1 is 0.895 bits per heavy atom. The first-order valence-electron chi connectivity index (χ1n) is 11.7. The number of aryl methyl sites for hydroxylation is 2. The number of hydrogen-bond acceptors (Lipinski definition) is 10. The minimum Gasteiger partial charge on any atom is -0.481 e. The molecule has 0 atom stereocenters. The van der Waals surface area contributed by atoms with Gasteiger partial charge in [0.1, 0.15) is 11.5 Å². The van der Waals surface area contributed by atoms with Gasteiger partial charge in [0.2, 0.25) is 5.88 Å². The van der Waals surface area contributed by atoms with Crippen LogP contribution in [0.25, 0.3) is 22.6 Å². The lowest BCUT2D eigenvalue weighted by molar-refractivity contribution is 0.0945. The van der Waals surface area contributed by atoms with E-state index in [4.69, 9.17) is 4.74 Å². The number of anilines is 2. The Morgan fingerprint density at radius 2 is 1.74 bits per heavy atom. The van der Waals surface area contributed by atoms with Crippen LogP contribution in [0.4, 0.5) is 11.6 Å². The quantitative estimate of drug-likeness (QED) is 0.284. The second-order valence-electron chi connectivity index (χ2n) is 8.38. The third kappa shape index (κ3) is 5.75. The zero-order valence-electron chi connectivity index (χ0n) is 20.9. The third-order valence-electron chi connectivity index (χ3n) is 5.45. The number of carbonyl (C=O) groups is 1. The first-order chi connectivity index (χ1) is 18.5. The van der Waals surface area contributed by atoms with E-state index in [9.17, 15) is 4.79 Å². The van der Waals surface area contributed by atoms with Crippen LogP contribution in [0.5, 0.6) is 5.88 Å². The molecule has 5 aromatic rings. The highest BCUT2D eigenvalue weighted by Crippen LogP contribution is 2.20. The van der Waals surface area contributed by atoms with E-state index in [-0.39, 0.29) is 18.1 Å². The minimum atomic E-state index is -0.330. The zero-order chi connectivity index (χ0) is 26.5. The maximum Gasteiger partial charge on any atom is 0.270 e. The molecule has 0 aliphatic carbocycles. The molecular formula is C26H24N10O2. The Hall–Kier alpha value is -5.26. The number of pyridine rings is 2. The summed E-state index contributed by atoms with van der Waals surface area (Å²) in [5.41, 5.74) is 4.76. The van der Waals surface area contributed by atoms with Gasteiger partial charge in [-0.1, -0.05) is 0 Å². The molecular weight excluding hydrogens is 484 g/mol. The summed E-state index contributed by atoms with van der Waals surface area (Å²) in [5, 5.41) is 13.0. The molecule has 0 aromatic carbocycles. The Morgan fingerprint density at radius 3 is 2.39 bits per heavy atom. The van der Waals surface area contributed by atoms with Gasteiger partial charge in [0.15, 0.2) is 11.6 Å². The lowest BCUT2D eigenvalue weighted by atomic mass is 10.2. The molecule has 190 valence electrons. The highest BCUT2D eigenvalue weighted by molar-refractivity contribution is 5.92. The van der Waals surface area contributed by atoms with Gasteiger partial charge >= 0.3 is 0 Å². The number of methoxy groups -OCH3 is 1. The standard InChI is InChI=1S/C26H24N10O2/c1-15-8-22(33-23-9-16(2)35-36-23)34-25(32-15)18-4-6-20(28-11-18)26(37)31-13-19-12-29-21(14-27-19)17-5-7-24(38-3)30-10-17/h4-12,14H,13H2,1-3H3,(H,31,37)(H2,32,33,34,35,36). The molecule has 0 unspecified atom stereocenters. The average molecular weight is 509 g/mol. The van der Waals surface area contributed by atoms with Crippen LogP contribution in [0.1, 0.15) is 27.6 Å². The van der Waals surface area contributed by atoms with E-state index in [1.54, 1.807) is 50.1 Å². The summed E-state index contributed by atoms with van der Waals surface area (Å²) in [4.78, 5) is 38.9. The second-order valence-corrected chi connectivity index (χ2v) is 8.38. The number of amides is 1. The van der Waals surface area contributed by atoms with Crippen molar-refractivity contribution >= 4 is 17.5 Å². The van der Waals surface area contributed by atoms with Crippen LogP contribution in [-0.4, -0.2) is 53.1 Å². The summed E-state index contributed by atoms with van der Waals surface area (Å²) < 4.78 is 5.07. The maximum atomic E-state index is 12.6. The number of aromatic nitrogens is 8. The Labute approximate surface area is 218 Å². The van der Waals surface area contributed by atoms with Crippen molar-refractivity contribution in [2.75, 3.05) is 12.4 Å². The number of H-pyrrole nitrogens is 1. The van der Waals surface area contributed by atoms with Gasteiger partial charge < -0.3 is 15.4 Å². The summed E-state index contributed by atoms with van der Waals surface area (Å²) in [6.45, 7) is 4.01. The van der Waals surface area contributed by atoms with Crippen molar-refractivity contribution in [3.63, 3.8) is 0 Å². The van der Waals surface area contributed by atoms with Gasteiger partial charge in [-0.05, 0) is 32.0 Å². The number of nitrogens with one attached hydrogen (secondary N) is 3. The molecule has 0 spiro atoms.